The maximum Gasteiger partial charge on any atom is 0.472 e. The van der Waals surface area contributed by atoms with Crippen molar-refractivity contribution < 1.29 is 80.2 Å². The average Bonchev–Trinajstić information content (AvgIpc) is 0.917. The molecule has 0 rings (SSSR count). The van der Waals surface area contributed by atoms with Crippen molar-refractivity contribution in [2.24, 2.45) is 5.92 Å². The lowest BCUT2D eigenvalue weighted by Crippen LogP contribution is -2.30. The number of rotatable bonds is 84. The van der Waals surface area contributed by atoms with Crippen molar-refractivity contribution in [2.75, 3.05) is 39.6 Å². The van der Waals surface area contributed by atoms with Gasteiger partial charge in [-0.2, -0.15) is 0 Å². The Morgan fingerprint density at radius 1 is 0.262 bits per heavy atom. The SMILES string of the molecule is CCCCCCCCCCCCCCCCCCCCCCCC(=O)O[C@H](COC(=O)CCCCCCCCCCCCCCCCCC)COP(=O)(O)OC[C@@H](O)COP(=O)(O)OC[C@@H](COC(=O)CCCCCCCCCCCCC)OC(=O)CCCCCCCCCCCCCCC(C)C. The molecule has 0 bridgehead atoms. The topological polar surface area (TPSA) is 237 Å². The molecule has 0 aliphatic carbocycles. The summed E-state index contributed by atoms with van der Waals surface area (Å²) in [6.07, 6.45) is 69.4. The van der Waals surface area contributed by atoms with Gasteiger partial charge in [0, 0.05) is 25.7 Å². The molecule has 0 aliphatic heterocycles. The van der Waals surface area contributed by atoms with Crippen LogP contribution in [-0.2, 0) is 65.4 Å². The van der Waals surface area contributed by atoms with Crippen molar-refractivity contribution in [1.29, 1.82) is 0 Å². The van der Waals surface area contributed by atoms with Crippen LogP contribution in [0.4, 0.5) is 0 Å². The molecule has 0 spiro atoms. The minimum Gasteiger partial charge on any atom is -0.462 e. The lowest BCUT2D eigenvalue weighted by molar-refractivity contribution is -0.161. The van der Waals surface area contributed by atoms with Crippen LogP contribution in [0.3, 0.4) is 0 Å². The molecule has 0 aromatic rings. The molecule has 0 aromatic heterocycles. The third-order valence-corrected chi connectivity index (χ3v) is 21.7. The first-order valence-corrected chi connectivity index (χ1v) is 46.6. The number of hydrogen-bond acceptors (Lipinski definition) is 15. The molecule has 0 aromatic carbocycles. The van der Waals surface area contributed by atoms with Gasteiger partial charge in [0.2, 0.25) is 0 Å². The van der Waals surface area contributed by atoms with Gasteiger partial charge in [0.05, 0.1) is 26.4 Å². The molecule has 103 heavy (non-hydrogen) atoms. The highest BCUT2D eigenvalue weighted by molar-refractivity contribution is 7.47. The van der Waals surface area contributed by atoms with E-state index < -0.39 is 97.5 Å². The van der Waals surface area contributed by atoms with Gasteiger partial charge in [0.1, 0.15) is 19.3 Å². The average molecular weight is 1510 g/mol. The second kappa shape index (κ2) is 76.8. The van der Waals surface area contributed by atoms with Crippen LogP contribution in [0.15, 0.2) is 0 Å². The number of aliphatic hydroxyl groups is 1. The van der Waals surface area contributed by atoms with Crippen LogP contribution in [0.1, 0.15) is 452 Å². The third-order valence-electron chi connectivity index (χ3n) is 19.8. The Morgan fingerprint density at radius 2 is 0.447 bits per heavy atom. The molecule has 0 saturated heterocycles. The van der Waals surface area contributed by atoms with Crippen molar-refractivity contribution in [3.63, 3.8) is 0 Å². The quantitative estimate of drug-likeness (QED) is 0.0222. The number of phosphoric ester groups is 2. The monoisotopic (exact) mass is 1510 g/mol. The molecule has 0 fully saturated rings. The summed E-state index contributed by atoms with van der Waals surface area (Å²) in [6.45, 7) is 7.36. The molecule has 2 unspecified atom stereocenters. The van der Waals surface area contributed by atoms with E-state index in [1.165, 1.54) is 276 Å². The predicted molar refractivity (Wildman–Crippen MR) is 423 cm³/mol. The summed E-state index contributed by atoms with van der Waals surface area (Å²) in [5.41, 5.74) is 0. The highest BCUT2D eigenvalue weighted by Crippen LogP contribution is 2.45. The van der Waals surface area contributed by atoms with E-state index in [0.29, 0.717) is 25.7 Å². The lowest BCUT2D eigenvalue weighted by Gasteiger charge is -2.21. The third kappa shape index (κ3) is 78.0. The minimum atomic E-state index is -4.96. The van der Waals surface area contributed by atoms with E-state index in [2.05, 4.69) is 34.6 Å². The van der Waals surface area contributed by atoms with Crippen LogP contribution in [0, 0.1) is 5.92 Å². The molecule has 5 atom stereocenters. The lowest BCUT2D eigenvalue weighted by atomic mass is 10.0. The number of carbonyl (C=O) groups excluding carboxylic acids is 4. The zero-order chi connectivity index (χ0) is 75.5. The molecule has 0 heterocycles. The first-order valence-electron chi connectivity index (χ1n) is 43.6. The molecule has 3 N–H and O–H groups in total. The predicted octanol–water partition coefficient (Wildman–Crippen LogP) is 25.6. The molecular weight excluding hydrogens is 1340 g/mol. The Morgan fingerprint density at radius 3 is 0.660 bits per heavy atom. The Kier molecular flexibility index (Phi) is 75.4. The van der Waals surface area contributed by atoms with Crippen molar-refractivity contribution in [3.8, 4) is 0 Å². The van der Waals surface area contributed by atoms with Gasteiger partial charge in [-0.1, -0.05) is 401 Å². The zero-order valence-electron chi connectivity index (χ0n) is 67.5. The Bertz CT molecular complexity index is 1960. The van der Waals surface area contributed by atoms with Gasteiger partial charge < -0.3 is 33.8 Å². The minimum absolute atomic E-state index is 0.108. The van der Waals surface area contributed by atoms with Crippen molar-refractivity contribution in [1.82, 2.24) is 0 Å². The van der Waals surface area contributed by atoms with E-state index in [4.69, 9.17) is 37.0 Å². The highest BCUT2D eigenvalue weighted by Gasteiger charge is 2.30. The molecule has 19 heteroatoms. The zero-order valence-corrected chi connectivity index (χ0v) is 69.3. The standard InChI is InChI=1S/C84H164O17P2/c1-6-9-12-15-18-21-24-26-28-30-31-32-33-34-36-38-44-49-54-59-64-69-83(88)100-80(74-95-82(87)68-63-58-53-48-43-37-35-29-27-25-22-19-16-13-10-7-2)76-99-103(92,93)97-72-78(85)71-96-102(90,91)98-75-79(73-94-81(86)67-62-57-52-47-41-23-20-17-14-11-8-3)101-84(89)70-65-60-55-50-45-40-39-42-46-51-56-61-66-77(4)5/h77-80,85H,6-76H2,1-5H3,(H,90,91)(H,92,93)/t78-,79+,80+/m0/s1. The Hall–Kier alpha value is -1.94. The normalized spacial score (nSPS) is 13.8. The first-order chi connectivity index (χ1) is 50.0. The van der Waals surface area contributed by atoms with E-state index in [9.17, 15) is 43.2 Å². The summed E-state index contributed by atoms with van der Waals surface area (Å²) in [4.78, 5) is 73.1. The van der Waals surface area contributed by atoms with Gasteiger partial charge in [-0.25, -0.2) is 9.13 Å². The smallest absolute Gasteiger partial charge is 0.462 e. The molecular formula is C84H164O17P2. The number of hydrogen-bond donors (Lipinski definition) is 3. The van der Waals surface area contributed by atoms with E-state index in [1.807, 2.05) is 0 Å². The molecule has 612 valence electrons. The fourth-order valence-electron chi connectivity index (χ4n) is 13.1. The molecule has 0 saturated carbocycles. The van der Waals surface area contributed by atoms with Crippen LogP contribution >= 0.6 is 15.6 Å². The summed E-state index contributed by atoms with van der Waals surface area (Å²) in [6, 6.07) is 0. The Labute approximate surface area is 632 Å². The van der Waals surface area contributed by atoms with Crippen molar-refractivity contribution in [2.45, 2.75) is 470 Å². The Balaban J connectivity index is 5.23. The number of ether oxygens (including phenoxy) is 4. The molecule has 0 aliphatic rings. The summed E-state index contributed by atoms with van der Waals surface area (Å²) in [5.74, 6) is -1.32. The molecule has 17 nitrogen and oxygen atoms in total. The van der Waals surface area contributed by atoms with Gasteiger partial charge in [0.15, 0.2) is 12.2 Å². The number of carbonyl (C=O) groups is 4. The maximum atomic E-state index is 13.1. The van der Waals surface area contributed by atoms with Crippen LogP contribution in [-0.4, -0.2) is 96.7 Å². The summed E-state index contributed by atoms with van der Waals surface area (Å²) < 4.78 is 68.8. The number of esters is 4. The maximum absolute atomic E-state index is 13.1. The van der Waals surface area contributed by atoms with Crippen LogP contribution in [0.2, 0.25) is 0 Å². The van der Waals surface area contributed by atoms with Gasteiger partial charge in [0.25, 0.3) is 0 Å². The number of aliphatic hydroxyl groups excluding tert-OH is 1. The largest absolute Gasteiger partial charge is 0.472 e. The second-order valence-corrected chi connectivity index (χ2v) is 33.6. The summed E-state index contributed by atoms with van der Waals surface area (Å²) >= 11 is 0. The molecule has 0 amide bonds. The van der Waals surface area contributed by atoms with Crippen LogP contribution in [0.25, 0.3) is 0 Å². The van der Waals surface area contributed by atoms with Crippen LogP contribution in [0.5, 0.6) is 0 Å². The highest BCUT2D eigenvalue weighted by atomic mass is 31.2. The van der Waals surface area contributed by atoms with Crippen molar-refractivity contribution in [3.05, 3.63) is 0 Å². The fourth-order valence-corrected chi connectivity index (χ4v) is 14.7. The fraction of sp³-hybridized carbons (Fsp3) is 0.952. The van der Waals surface area contributed by atoms with Gasteiger partial charge in [-0.3, -0.25) is 37.3 Å². The number of phosphoric acid groups is 2. The van der Waals surface area contributed by atoms with E-state index >= 15 is 0 Å². The second-order valence-electron chi connectivity index (χ2n) is 30.7. The van der Waals surface area contributed by atoms with E-state index in [-0.39, 0.29) is 25.7 Å². The summed E-state index contributed by atoms with van der Waals surface area (Å²) in [7, 11) is -9.92. The number of unbranched alkanes of at least 4 members (excludes halogenated alkanes) is 56. The van der Waals surface area contributed by atoms with Crippen LogP contribution < -0.4 is 0 Å². The van der Waals surface area contributed by atoms with E-state index in [0.717, 1.165) is 95.8 Å². The molecule has 0 radical (unpaired) electrons. The summed E-state index contributed by atoms with van der Waals surface area (Å²) in [5, 5.41) is 10.7. The first kappa shape index (κ1) is 101. The van der Waals surface area contributed by atoms with Crippen molar-refractivity contribution >= 4 is 39.5 Å². The van der Waals surface area contributed by atoms with Gasteiger partial charge >= 0.3 is 39.5 Å². The van der Waals surface area contributed by atoms with E-state index in [1.54, 1.807) is 0 Å². The van der Waals surface area contributed by atoms with Gasteiger partial charge in [-0.15, -0.1) is 0 Å². The van der Waals surface area contributed by atoms with Gasteiger partial charge in [-0.05, 0) is 31.6 Å².